The van der Waals surface area contributed by atoms with Crippen molar-refractivity contribution in [3.8, 4) is 5.75 Å². The number of carbonyl (C=O) groups excluding carboxylic acids is 1. The Morgan fingerprint density at radius 3 is 2.60 bits per heavy atom. The molecule has 5 heteroatoms. The first-order chi connectivity index (χ1) is 12.0. The van der Waals surface area contributed by atoms with Gasteiger partial charge in [0.05, 0.1) is 5.54 Å². The van der Waals surface area contributed by atoms with Gasteiger partial charge in [0.15, 0.2) is 0 Å². The van der Waals surface area contributed by atoms with Gasteiger partial charge in [-0.1, -0.05) is 38.1 Å². The molecule has 3 rings (SSSR count). The Kier molecular flexibility index (Phi) is 4.68. The summed E-state index contributed by atoms with van der Waals surface area (Å²) in [6, 6.07) is 15.6. The Balaban J connectivity index is 2.04. The van der Waals surface area contributed by atoms with Crippen LogP contribution in [0, 0.1) is 5.92 Å². The molecular formula is C20H24N2O3. The Morgan fingerprint density at radius 2 is 1.96 bits per heavy atom. The summed E-state index contributed by atoms with van der Waals surface area (Å²) in [7, 11) is 0. The van der Waals surface area contributed by atoms with Crippen LogP contribution in [0.2, 0.25) is 0 Å². The zero-order valence-corrected chi connectivity index (χ0v) is 14.8. The molecule has 1 amide bonds. The van der Waals surface area contributed by atoms with E-state index < -0.39 is 5.91 Å². The average Bonchev–Trinajstić information content (AvgIpc) is 2.79. The van der Waals surface area contributed by atoms with Crippen LogP contribution in [0.4, 0.5) is 5.69 Å². The maximum absolute atomic E-state index is 11.7. The minimum atomic E-state index is -0.540. The molecule has 1 aliphatic rings. The van der Waals surface area contributed by atoms with Crippen LogP contribution in [-0.4, -0.2) is 23.3 Å². The molecule has 0 aromatic heterocycles. The monoisotopic (exact) mass is 340 g/mol. The molecule has 1 heterocycles. The van der Waals surface area contributed by atoms with Gasteiger partial charge in [0, 0.05) is 23.4 Å². The lowest BCUT2D eigenvalue weighted by molar-refractivity contribution is 0.0706. The smallest absolute Gasteiger partial charge is 0.274 e. The fourth-order valence-corrected chi connectivity index (χ4v) is 3.15. The van der Waals surface area contributed by atoms with Crippen molar-refractivity contribution in [3.05, 3.63) is 59.7 Å². The second-order valence-electron chi connectivity index (χ2n) is 6.99. The van der Waals surface area contributed by atoms with E-state index in [4.69, 9.17) is 9.94 Å². The highest BCUT2D eigenvalue weighted by Gasteiger charge is 2.39. The number of nitrogens with zero attached hydrogens (tertiary/aromatic N) is 1. The van der Waals surface area contributed by atoms with Gasteiger partial charge in [-0.05, 0) is 37.1 Å². The van der Waals surface area contributed by atoms with Crippen LogP contribution in [0.5, 0.6) is 5.75 Å². The number of amides is 1. The number of ether oxygens (including phenoxy) is 1. The first-order valence-electron chi connectivity index (χ1n) is 8.48. The van der Waals surface area contributed by atoms with Crippen molar-refractivity contribution in [2.45, 2.75) is 32.9 Å². The Labute approximate surface area is 148 Å². The highest BCUT2D eigenvalue weighted by Crippen LogP contribution is 2.37. The van der Waals surface area contributed by atoms with Crippen LogP contribution in [0.15, 0.2) is 48.5 Å². The molecular weight excluding hydrogens is 316 g/mol. The molecule has 2 N–H and O–H groups in total. The molecule has 5 nitrogen and oxygen atoms in total. The molecule has 1 aliphatic heterocycles. The molecule has 0 bridgehead atoms. The van der Waals surface area contributed by atoms with Crippen LogP contribution >= 0.6 is 0 Å². The molecule has 0 spiro atoms. The van der Waals surface area contributed by atoms with Gasteiger partial charge < -0.3 is 9.64 Å². The number of anilines is 1. The summed E-state index contributed by atoms with van der Waals surface area (Å²) in [4.78, 5) is 14.0. The highest BCUT2D eigenvalue weighted by molar-refractivity contribution is 5.93. The number of rotatable bonds is 3. The van der Waals surface area contributed by atoms with Crippen LogP contribution in [-0.2, 0) is 6.54 Å². The van der Waals surface area contributed by atoms with Crippen molar-refractivity contribution >= 4 is 11.6 Å². The molecule has 0 unspecified atom stereocenters. The lowest BCUT2D eigenvalue weighted by Gasteiger charge is -2.44. The average molecular weight is 340 g/mol. The van der Waals surface area contributed by atoms with E-state index in [1.54, 1.807) is 17.6 Å². The van der Waals surface area contributed by atoms with Gasteiger partial charge in [0.25, 0.3) is 5.91 Å². The summed E-state index contributed by atoms with van der Waals surface area (Å²) in [6.07, 6.45) is 0. The fraction of sp³-hybridized carbons (Fsp3) is 0.350. The molecule has 0 saturated heterocycles. The lowest BCUT2D eigenvalue weighted by atomic mass is 9.86. The van der Waals surface area contributed by atoms with Crippen LogP contribution in [0.1, 0.15) is 36.7 Å². The third-order valence-corrected chi connectivity index (χ3v) is 5.21. The van der Waals surface area contributed by atoms with E-state index in [1.165, 1.54) is 0 Å². The van der Waals surface area contributed by atoms with Gasteiger partial charge in [-0.3, -0.25) is 10.0 Å². The fourth-order valence-electron chi connectivity index (χ4n) is 3.15. The van der Waals surface area contributed by atoms with E-state index in [0.717, 1.165) is 11.3 Å². The largest absolute Gasteiger partial charge is 0.491 e. The quantitative estimate of drug-likeness (QED) is 0.662. The second-order valence-corrected chi connectivity index (χ2v) is 6.99. The summed E-state index contributed by atoms with van der Waals surface area (Å²) < 4.78 is 6.11. The minimum Gasteiger partial charge on any atom is -0.491 e. The standard InChI is InChI=1S/C20H24N2O3/c1-14(2)20(3)13-25-18-11-15(19(23)21-24)9-10-16(18)12-22(20)17-7-5-4-6-8-17/h4-11,14,24H,12-13H2,1-3H3,(H,21,23)/t20-/m1/s1. The number of fused-ring (bicyclic) bond motifs is 1. The molecule has 132 valence electrons. The molecule has 2 aromatic carbocycles. The van der Waals surface area contributed by atoms with Crippen molar-refractivity contribution < 1.29 is 14.7 Å². The maximum Gasteiger partial charge on any atom is 0.274 e. The molecule has 1 atom stereocenters. The summed E-state index contributed by atoms with van der Waals surface area (Å²) >= 11 is 0. The van der Waals surface area contributed by atoms with Gasteiger partial charge in [0.2, 0.25) is 0 Å². The van der Waals surface area contributed by atoms with Crippen molar-refractivity contribution in [2.75, 3.05) is 11.5 Å². The summed E-state index contributed by atoms with van der Waals surface area (Å²) in [6.45, 7) is 7.80. The topological polar surface area (TPSA) is 61.8 Å². The number of nitrogens with one attached hydrogen (secondary N) is 1. The maximum atomic E-state index is 11.7. The van der Waals surface area contributed by atoms with Crippen molar-refractivity contribution in [1.82, 2.24) is 5.48 Å². The van der Waals surface area contributed by atoms with E-state index in [1.807, 2.05) is 24.3 Å². The molecule has 2 aromatic rings. The number of carbonyl (C=O) groups is 1. The van der Waals surface area contributed by atoms with Gasteiger partial charge in [-0.25, -0.2) is 5.48 Å². The highest BCUT2D eigenvalue weighted by atomic mass is 16.5. The Bertz CT molecular complexity index is 761. The van der Waals surface area contributed by atoms with Gasteiger partial charge in [-0.15, -0.1) is 0 Å². The van der Waals surface area contributed by atoms with Crippen molar-refractivity contribution in [3.63, 3.8) is 0 Å². The van der Waals surface area contributed by atoms with Crippen LogP contribution < -0.4 is 15.1 Å². The van der Waals surface area contributed by atoms with Gasteiger partial charge in [-0.2, -0.15) is 0 Å². The lowest BCUT2D eigenvalue weighted by Crippen LogP contribution is -2.53. The van der Waals surface area contributed by atoms with Crippen LogP contribution in [0.3, 0.4) is 0 Å². The SMILES string of the molecule is CC(C)[C@@]1(C)COc2cc(C(=O)NO)ccc2CN1c1ccccc1. The number of hydrogen-bond donors (Lipinski definition) is 2. The zero-order valence-electron chi connectivity index (χ0n) is 14.8. The number of para-hydroxylation sites is 1. The first-order valence-corrected chi connectivity index (χ1v) is 8.48. The first kappa shape index (κ1) is 17.3. The summed E-state index contributed by atoms with van der Waals surface area (Å²) in [5, 5.41) is 8.85. The second kappa shape index (κ2) is 6.76. The van der Waals surface area contributed by atoms with Gasteiger partial charge in [0.1, 0.15) is 12.4 Å². The zero-order chi connectivity index (χ0) is 18.0. The predicted molar refractivity (Wildman–Crippen MR) is 97.1 cm³/mol. The minimum absolute atomic E-state index is 0.195. The molecule has 0 fully saturated rings. The molecule has 0 aliphatic carbocycles. The Morgan fingerprint density at radius 1 is 1.24 bits per heavy atom. The third-order valence-electron chi connectivity index (χ3n) is 5.21. The van der Waals surface area contributed by atoms with E-state index in [2.05, 4.69) is 37.8 Å². The van der Waals surface area contributed by atoms with E-state index in [-0.39, 0.29) is 5.54 Å². The van der Waals surface area contributed by atoms with E-state index in [9.17, 15) is 4.79 Å². The van der Waals surface area contributed by atoms with Crippen molar-refractivity contribution in [1.29, 1.82) is 0 Å². The third kappa shape index (κ3) is 3.20. The van der Waals surface area contributed by atoms with Crippen LogP contribution in [0.25, 0.3) is 0 Å². The normalized spacial score (nSPS) is 19.8. The summed E-state index contributed by atoms with van der Waals surface area (Å²) in [5.74, 6) is 0.510. The molecule has 0 radical (unpaired) electrons. The molecule has 25 heavy (non-hydrogen) atoms. The van der Waals surface area contributed by atoms with Crippen molar-refractivity contribution in [2.24, 2.45) is 5.92 Å². The predicted octanol–water partition coefficient (Wildman–Crippen LogP) is 3.62. The van der Waals surface area contributed by atoms with E-state index >= 15 is 0 Å². The summed E-state index contributed by atoms with van der Waals surface area (Å²) in [5.41, 5.74) is 4.01. The number of hydroxylamine groups is 1. The number of hydrogen-bond acceptors (Lipinski definition) is 4. The van der Waals surface area contributed by atoms with E-state index in [0.29, 0.717) is 30.4 Å². The molecule has 0 saturated carbocycles. The van der Waals surface area contributed by atoms with Gasteiger partial charge >= 0.3 is 0 Å². The number of benzene rings is 2. The Hall–Kier alpha value is -2.53.